The SMILES string of the molecule is CC/C=C(\C)C(=O)N(CCC)CC(=O)Nc1cc(Cl)ccc1Cl. The first-order valence-electron chi connectivity index (χ1n) is 7.59. The van der Waals surface area contributed by atoms with Crippen molar-refractivity contribution in [1.82, 2.24) is 4.90 Å². The van der Waals surface area contributed by atoms with Crippen LogP contribution in [-0.4, -0.2) is 29.8 Å². The van der Waals surface area contributed by atoms with E-state index >= 15 is 0 Å². The third-order valence-corrected chi connectivity index (χ3v) is 3.73. The van der Waals surface area contributed by atoms with Gasteiger partial charge in [-0.15, -0.1) is 0 Å². The molecule has 0 heterocycles. The number of nitrogens with one attached hydrogen (secondary N) is 1. The first-order chi connectivity index (χ1) is 10.9. The van der Waals surface area contributed by atoms with Gasteiger partial charge in [0.2, 0.25) is 11.8 Å². The first-order valence-corrected chi connectivity index (χ1v) is 8.35. The molecular weight excluding hydrogens is 335 g/mol. The van der Waals surface area contributed by atoms with E-state index in [1.807, 2.05) is 19.9 Å². The zero-order chi connectivity index (χ0) is 17.4. The maximum absolute atomic E-state index is 12.4. The highest BCUT2D eigenvalue weighted by molar-refractivity contribution is 6.35. The van der Waals surface area contributed by atoms with Gasteiger partial charge in [0, 0.05) is 17.1 Å². The van der Waals surface area contributed by atoms with Crippen LogP contribution in [-0.2, 0) is 9.59 Å². The molecule has 0 saturated heterocycles. The zero-order valence-electron chi connectivity index (χ0n) is 13.7. The quantitative estimate of drug-likeness (QED) is 0.729. The van der Waals surface area contributed by atoms with Gasteiger partial charge in [0.15, 0.2) is 0 Å². The van der Waals surface area contributed by atoms with Crippen LogP contribution in [0.5, 0.6) is 0 Å². The smallest absolute Gasteiger partial charge is 0.249 e. The maximum atomic E-state index is 12.4. The molecule has 0 radical (unpaired) electrons. The average Bonchev–Trinajstić information content (AvgIpc) is 2.50. The van der Waals surface area contributed by atoms with Crippen LogP contribution in [0, 0.1) is 0 Å². The van der Waals surface area contributed by atoms with Crippen LogP contribution < -0.4 is 5.32 Å². The molecule has 0 aliphatic carbocycles. The fraction of sp³-hybridized carbons (Fsp3) is 0.412. The predicted molar refractivity (Wildman–Crippen MR) is 96.0 cm³/mol. The van der Waals surface area contributed by atoms with Crippen molar-refractivity contribution in [2.45, 2.75) is 33.6 Å². The van der Waals surface area contributed by atoms with E-state index < -0.39 is 0 Å². The molecule has 126 valence electrons. The lowest BCUT2D eigenvalue weighted by atomic mass is 10.2. The number of nitrogens with zero attached hydrogens (tertiary/aromatic N) is 1. The highest BCUT2D eigenvalue weighted by Crippen LogP contribution is 2.25. The van der Waals surface area contributed by atoms with E-state index in [4.69, 9.17) is 23.2 Å². The Morgan fingerprint density at radius 1 is 1.26 bits per heavy atom. The number of benzene rings is 1. The largest absolute Gasteiger partial charge is 0.330 e. The molecule has 4 nitrogen and oxygen atoms in total. The van der Waals surface area contributed by atoms with Crippen LogP contribution in [0.4, 0.5) is 5.69 Å². The molecule has 0 saturated carbocycles. The molecule has 2 amide bonds. The van der Waals surface area contributed by atoms with Crippen molar-refractivity contribution in [3.05, 3.63) is 39.9 Å². The summed E-state index contributed by atoms with van der Waals surface area (Å²) in [7, 11) is 0. The Morgan fingerprint density at radius 2 is 1.96 bits per heavy atom. The van der Waals surface area contributed by atoms with E-state index in [9.17, 15) is 9.59 Å². The first kappa shape index (κ1) is 19.5. The molecule has 0 atom stereocenters. The van der Waals surface area contributed by atoms with Crippen molar-refractivity contribution in [2.75, 3.05) is 18.4 Å². The fourth-order valence-electron chi connectivity index (χ4n) is 2.12. The third-order valence-electron chi connectivity index (χ3n) is 3.17. The summed E-state index contributed by atoms with van der Waals surface area (Å²) >= 11 is 11.9. The van der Waals surface area contributed by atoms with Gasteiger partial charge < -0.3 is 10.2 Å². The van der Waals surface area contributed by atoms with E-state index in [1.165, 1.54) is 4.90 Å². The molecule has 1 aromatic carbocycles. The molecule has 0 unspecified atom stereocenters. The van der Waals surface area contributed by atoms with Gasteiger partial charge in [-0.25, -0.2) is 0 Å². The van der Waals surface area contributed by atoms with Gasteiger partial charge in [-0.1, -0.05) is 43.1 Å². The number of carbonyl (C=O) groups excluding carboxylic acids is 2. The van der Waals surface area contributed by atoms with E-state index in [0.717, 1.165) is 12.8 Å². The van der Waals surface area contributed by atoms with Gasteiger partial charge in [0.05, 0.1) is 10.7 Å². The van der Waals surface area contributed by atoms with Crippen molar-refractivity contribution < 1.29 is 9.59 Å². The topological polar surface area (TPSA) is 49.4 Å². The Balaban J connectivity index is 2.80. The third kappa shape index (κ3) is 6.24. The summed E-state index contributed by atoms with van der Waals surface area (Å²) in [5.74, 6) is -0.429. The predicted octanol–water partition coefficient (Wildman–Crippen LogP) is 4.53. The van der Waals surface area contributed by atoms with E-state index in [1.54, 1.807) is 25.1 Å². The van der Waals surface area contributed by atoms with Crippen molar-refractivity contribution in [2.24, 2.45) is 0 Å². The normalized spacial score (nSPS) is 11.3. The number of carbonyl (C=O) groups is 2. The molecule has 0 spiro atoms. The van der Waals surface area contributed by atoms with E-state index in [-0.39, 0.29) is 18.4 Å². The number of anilines is 1. The Kier molecular flexibility index (Phi) is 8.13. The molecule has 1 rings (SSSR count). The average molecular weight is 357 g/mol. The van der Waals surface area contributed by atoms with E-state index in [2.05, 4.69) is 5.32 Å². The summed E-state index contributed by atoms with van der Waals surface area (Å²) < 4.78 is 0. The number of amides is 2. The molecule has 6 heteroatoms. The lowest BCUT2D eigenvalue weighted by Crippen LogP contribution is -2.39. The Hall–Kier alpha value is -1.52. The van der Waals surface area contributed by atoms with Gasteiger partial charge in [-0.2, -0.15) is 0 Å². The minimum Gasteiger partial charge on any atom is -0.330 e. The summed E-state index contributed by atoms with van der Waals surface area (Å²) in [5.41, 5.74) is 1.09. The Bertz CT molecular complexity index is 600. The van der Waals surface area contributed by atoms with Gasteiger partial charge in [0.25, 0.3) is 0 Å². The fourth-order valence-corrected chi connectivity index (χ4v) is 2.46. The van der Waals surface area contributed by atoms with Crippen molar-refractivity contribution in [3.63, 3.8) is 0 Å². The number of allylic oxidation sites excluding steroid dienone is 1. The van der Waals surface area contributed by atoms with Crippen LogP contribution in [0.2, 0.25) is 10.0 Å². The van der Waals surface area contributed by atoms with Crippen LogP contribution in [0.1, 0.15) is 33.6 Å². The molecular formula is C17H22Cl2N2O2. The summed E-state index contributed by atoms with van der Waals surface area (Å²) in [4.78, 5) is 26.1. The summed E-state index contributed by atoms with van der Waals surface area (Å²) in [6.45, 7) is 6.19. The summed E-state index contributed by atoms with van der Waals surface area (Å²) in [6.07, 6.45) is 3.41. The van der Waals surface area contributed by atoms with Gasteiger partial charge in [0.1, 0.15) is 6.54 Å². The molecule has 0 fully saturated rings. The summed E-state index contributed by atoms with van der Waals surface area (Å²) in [6, 6.07) is 4.84. The standard InChI is InChI=1S/C17H22Cl2N2O2/c1-4-6-12(3)17(23)21(9-5-2)11-16(22)20-15-10-13(18)7-8-14(15)19/h6-8,10H,4-5,9,11H2,1-3H3,(H,20,22)/b12-6+. The van der Waals surface area contributed by atoms with Crippen molar-refractivity contribution >= 4 is 40.7 Å². The monoisotopic (exact) mass is 356 g/mol. The minimum absolute atomic E-state index is 0.0234. The molecule has 23 heavy (non-hydrogen) atoms. The van der Waals surface area contributed by atoms with Gasteiger partial charge >= 0.3 is 0 Å². The van der Waals surface area contributed by atoms with Gasteiger partial charge in [-0.3, -0.25) is 9.59 Å². The number of rotatable bonds is 7. The van der Waals surface area contributed by atoms with Crippen LogP contribution in [0.15, 0.2) is 29.8 Å². The van der Waals surface area contributed by atoms with Crippen LogP contribution >= 0.6 is 23.2 Å². The Morgan fingerprint density at radius 3 is 2.57 bits per heavy atom. The second kappa shape index (κ2) is 9.58. The zero-order valence-corrected chi connectivity index (χ0v) is 15.2. The summed E-state index contributed by atoms with van der Waals surface area (Å²) in [5, 5.41) is 3.58. The van der Waals surface area contributed by atoms with Crippen molar-refractivity contribution in [3.8, 4) is 0 Å². The highest BCUT2D eigenvalue weighted by Gasteiger charge is 2.18. The maximum Gasteiger partial charge on any atom is 0.249 e. The van der Waals surface area contributed by atoms with Crippen molar-refractivity contribution in [1.29, 1.82) is 0 Å². The Labute approximate surface area is 147 Å². The van der Waals surface area contributed by atoms with Crippen LogP contribution in [0.3, 0.4) is 0 Å². The minimum atomic E-state index is -0.305. The lowest BCUT2D eigenvalue weighted by molar-refractivity contribution is -0.131. The van der Waals surface area contributed by atoms with Gasteiger partial charge in [-0.05, 0) is 38.0 Å². The van der Waals surface area contributed by atoms with Crippen LogP contribution in [0.25, 0.3) is 0 Å². The molecule has 1 aromatic rings. The van der Waals surface area contributed by atoms with E-state index in [0.29, 0.717) is 27.9 Å². The highest BCUT2D eigenvalue weighted by atomic mass is 35.5. The lowest BCUT2D eigenvalue weighted by Gasteiger charge is -2.22. The number of hydrogen-bond donors (Lipinski definition) is 1. The molecule has 0 bridgehead atoms. The second-order valence-electron chi connectivity index (χ2n) is 5.19. The molecule has 1 N–H and O–H groups in total. The molecule has 0 aromatic heterocycles. The number of hydrogen-bond acceptors (Lipinski definition) is 2. The molecule has 0 aliphatic heterocycles. The molecule has 0 aliphatic rings. The second-order valence-corrected chi connectivity index (χ2v) is 6.04. The number of halogens is 2.